The molecule has 0 unspecified atom stereocenters. The fourth-order valence-electron chi connectivity index (χ4n) is 4.13. The first-order valence-electron chi connectivity index (χ1n) is 11.4. The lowest BCUT2D eigenvalue weighted by Gasteiger charge is -2.15. The van der Waals surface area contributed by atoms with Crippen LogP contribution in [0.5, 0.6) is 5.88 Å². The third-order valence-electron chi connectivity index (χ3n) is 5.63. The number of anilines is 1. The van der Waals surface area contributed by atoms with Crippen LogP contribution in [0.2, 0.25) is 0 Å². The average Bonchev–Trinajstić information content (AvgIpc) is 3.37. The molecule has 0 bridgehead atoms. The van der Waals surface area contributed by atoms with Gasteiger partial charge in [-0.05, 0) is 45.9 Å². The zero-order valence-electron chi connectivity index (χ0n) is 20.0. The molecule has 5 rings (SSSR count). The van der Waals surface area contributed by atoms with E-state index in [4.69, 9.17) is 19.2 Å². The molecule has 0 saturated carbocycles. The largest absolute Gasteiger partial charge is 0.476 e. The maximum absolute atomic E-state index is 5.72. The smallest absolute Gasteiger partial charge is 0.242 e. The summed E-state index contributed by atoms with van der Waals surface area (Å²) >= 11 is 0. The van der Waals surface area contributed by atoms with Crippen LogP contribution in [0.15, 0.2) is 40.9 Å². The summed E-state index contributed by atoms with van der Waals surface area (Å²) in [6.07, 6.45) is 1.65. The molecule has 0 saturated heterocycles. The molecule has 1 N–H and O–H groups in total. The van der Waals surface area contributed by atoms with Gasteiger partial charge in [-0.1, -0.05) is 12.1 Å². The molecule has 0 atom stereocenters. The van der Waals surface area contributed by atoms with E-state index in [9.17, 15) is 0 Å². The average molecular weight is 458 g/mol. The van der Waals surface area contributed by atoms with E-state index >= 15 is 0 Å². The summed E-state index contributed by atoms with van der Waals surface area (Å²) < 4.78 is 13.4. The van der Waals surface area contributed by atoms with Gasteiger partial charge in [0.05, 0.1) is 35.4 Å². The number of benzene rings is 1. The molecular formula is C25H27N7O2. The topological polar surface area (TPSA) is 104 Å². The number of aryl methyl sites for hydroxylation is 2. The molecule has 174 valence electrons. The van der Waals surface area contributed by atoms with Gasteiger partial charge in [0.15, 0.2) is 11.5 Å². The molecule has 0 fully saturated rings. The number of nitrogens with one attached hydrogen (secondary N) is 1. The third kappa shape index (κ3) is 3.83. The van der Waals surface area contributed by atoms with Crippen molar-refractivity contribution in [1.29, 1.82) is 0 Å². The first-order chi connectivity index (χ1) is 16.5. The van der Waals surface area contributed by atoms with E-state index < -0.39 is 0 Å². The highest BCUT2D eigenvalue weighted by Crippen LogP contribution is 2.34. The number of para-hydroxylation sites is 1. The molecule has 34 heavy (non-hydrogen) atoms. The van der Waals surface area contributed by atoms with Crippen LogP contribution in [0.3, 0.4) is 0 Å². The van der Waals surface area contributed by atoms with Gasteiger partial charge >= 0.3 is 0 Å². The monoisotopic (exact) mass is 457 g/mol. The highest BCUT2D eigenvalue weighted by atomic mass is 16.5. The predicted octanol–water partition coefficient (Wildman–Crippen LogP) is 5.24. The Labute approximate surface area is 197 Å². The summed E-state index contributed by atoms with van der Waals surface area (Å²) in [4.78, 5) is 9.53. The lowest BCUT2D eigenvalue weighted by atomic mass is 10.1. The van der Waals surface area contributed by atoms with Gasteiger partial charge in [0, 0.05) is 25.1 Å². The van der Waals surface area contributed by atoms with Crippen molar-refractivity contribution in [1.82, 2.24) is 29.9 Å². The predicted molar refractivity (Wildman–Crippen MR) is 131 cm³/mol. The Balaban J connectivity index is 1.64. The van der Waals surface area contributed by atoms with Crippen LogP contribution in [-0.2, 0) is 6.54 Å². The Kier molecular flexibility index (Phi) is 5.61. The SMILES string of the molecule is CCOc1nnccc1-c1cc(NCc2cccc3oc(C)nc23)c2c(n1)c(C)nn2C(C)C. The highest BCUT2D eigenvalue weighted by Gasteiger charge is 2.20. The van der Waals surface area contributed by atoms with Crippen molar-refractivity contribution >= 4 is 27.8 Å². The Morgan fingerprint density at radius 1 is 1.12 bits per heavy atom. The zero-order chi connectivity index (χ0) is 23.8. The van der Waals surface area contributed by atoms with E-state index in [1.54, 1.807) is 6.20 Å². The fraction of sp³-hybridized carbons (Fsp3) is 0.320. The van der Waals surface area contributed by atoms with E-state index in [2.05, 4.69) is 40.4 Å². The van der Waals surface area contributed by atoms with E-state index in [-0.39, 0.29) is 6.04 Å². The van der Waals surface area contributed by atoms with Crippen LogP contribution < -0.4 is 10.1 Å². The molecule has 0 aliphatic rings. The molecule has 4 aromatic heterocycles. The normalized spacial score (nSPS) is 11.6. The van der Waals surface area contributed by atoms with Crippen LogP contribution in [0.4, 0.5) is 5.69 Å². The lowest BCUT2D eigenvalue weighted by molar-refractivity contribution is 0.324. The summed E-state index contributed by atoms with van der Waals surface area (Å²) in [5.41, 5.74) is 7.81. The molecule has 0 spiro atoms. The molecule has 0 aliphatic carbocycles. The molecule has 0 amide bonds. The van der Waals surface area contributed by atoms with E-state index in [0.717, 1.165) is 50.3 Å². The van der Waals surface area contributed by atoms with Crippen LogP contribution in [0.25, 0.3) is 33.4 Å². The van der Waals surface area contributed by atoms with Crippen LogP contribution in [0, 0.1) is 13.8 Å². The van der Waals surface area contributed by atoms with Crippen molar-refractivity contribution in [2.24, 2.45) is 0 Å². The quantitative estimate of drug-likeness (QED) is 0.354. The second-order valence-corrected chi connectivity index (χ2v) is 8.41. The minimum atomic E-state index is 0.174. The van der Waals surface area contributed by atoms with Gasteiger partial charge in [0.2, 0.25) is 5.88 Å². The molecule has 9 heteroatoms. The molecule has 9 nitrogen and oxygen atoms in total. The Hall–Kier alpha value is -4.01. The van der Waals surface area contributed by atoms with Crippen molar-refractivity contribution in [3.63, 3.8) is 0 Å². The number of hydrogen-bond donors (Lipinski definition) is 1. The minimum Gasteiger partial charge on any atom is -0.476 e. The molecule has 4 heterocycles. The summed E-state index contributed by atoms with van der Waals surface area (Å²) in [6, 6.07) is 10.0. The summed E-state index contributed by atoms with van der Waals surface area (Å²) in [5.74, 6) is 1.11. The van der Waals surface area contributed by atoms with Crippen molar-refractivity contribution in [3.05, 3.63) is 53.7 Å². The van der Waals surface area contributed by atoms with E-state index in [1.807, 2.05) is 49.7 Å². The maximum atomic E-state index is 5.72. The second kappa shape index (κ2) is 8.74. The number of oxazole rings is 1. The van der Waals surface area contributed by atoms with Crippen LogP contribution in [0.1, 0.15) is 44.0 Å². The fourth-order valence-corrected chi connectivity index (χ4v) is 4.13. The molecular weight excluding hydrogens is 430 g/mol. The number of fused-ring (bicyclic) bond motifs is 2. The first-order valence-corrected chi connectivity index (χ1v) is 11.4. The number of hydrogen-bond acceptors (Lipinski definition) is 8. The highest BCUT2D eigenvalue weighted by molar-refractivity contribution is 5.93. The molecule has 1 aromatic carbocycles. The van der Waals surface area contributed by atoms with Crippen molar-refractivity contribution in [3.8, 4) is 17.1 Å². The summed E-state index contributed by atoms with van der Waals surface area (Å²) in [5, 5.41) is 16.5. The summed E-state index contributed by atoms with van der Waals surface area (Å²) in [7, 11) is 0. The maximum Gasteiger partial charge on any atom is 0.242 e. The van der Waals surface area contributed by atoms with Gasteiger partial charge in [-0.2, -0.15) is 10.2 Å². The molecule has 5 aromatic rings. The number of pyridine rings is 1. The van der Waals surface area contributed by atoms with Crippen LogP contribution in [-0.4, -0.2) is 36.6 Å². The number of rotatable bonds is 7. The number of nitrogens with zero attached hydrogens (tertiary/aromatic N) is 6. The van der Waals surface area contributed by atoms with Gasteiger partial charge < -0.3 is 14.5 Å². The van der Waals surface area contributed by atoms with Gasteiger partial charge in [-0.15, -0.1) is 5.10 Å². The lowest BCUT2D eigenvalue weighted by Crippen LogP contribution is -2.07. The van der Waals surface area contributed by atoms with Gasteiger partial charge in [-0.3, -0.25) is 4.68 Å². The van der Waals surface area contributed by atoms with Crippen molar-refractivity contribution in [2.75, 3.05) is 11.9 Å². The molecule has 0 radical (unpaired) electrons. The Bertz CT molecular complexity index is 1490. The second-order valence-electron chi connectivity index (χ2n) is 8.41. The van der Waals surface area contributed by atoms with Gasteiger partial charge in [-0.25, -0.2) is 9.97 Å². The minimum absolute atomic E-state index is 0.174. The van der Waals surface area contributed by atoms with Crippen molar-refractivity contribution < 1.29 is 9.15 Å². The van der Waals surface area contributed by atoms with Gasteiger partial charge in [0.1, 0.15) is 16.6 Å². The number of aromatic nitrogens is 6. The van der Waals surface area contributed by atoms with Crippen LogP contribution >= 0.6 is 0 Å². The number of ether oxygens (including phenoxy) is 1. The zero-order valence-corrected chi connectivity index (χ0v) is 20.0. The molecule has 0 aliphatic heterocycles. The third-order valence-corrected chi connectivity index (χ3v) is 5.63. The first kappa shape index (κ1) is 21.8. The van der Waals surface area contributed by atoms with E-state index in [0.29, 0.717) is 24.9 Å². The summed E-state index contributed by atoms with van der Waals surface area (Å²) in [6.45, 7) is 11.0. The van der Waals surface area contributed by atoms with Gasteiger partial charge in [0.25, 0.3) is 0 Å². The van der Waals surface area contributed by atoms with E-state index in [1.165, 1.54) is 0 Å². The van der Waals surface area contributed by atoms with Crippen molar-refractivity contribution in [2.45, 2.75) is 47.2 Å². The Morgan fingerprint density at radius 2 is 1.97 bits per heavy atom. The Morgan fingerprint density at radius 3 is 2.76 bits per heavy atom. The standard InChI is InChI=1S/C25H27N7O2/c1-6-33-25-18(10-11-27-30-25)19-12-20(24-22(29-19)15(4)31-32(24)14(2)3)26-13-17-8-7-9-21-23(17)28-16(5)34-21/h7-12,14H,6,13H2,1-5H3,(H,26,29).